The Bertz CT molecular complexity index is 1230. The summed E-state index contributed by atoms with van der Waals surface area (Å²) >= 11 is 7.65. The van der Waals surface area contributed by atoms with E-state index in [2.05, 4.69) is 0 Å². The Morgan fingerprint density at radius 1 is 1.14 bits per heavy atom. The minimum absolute atomic E-state index is 0.0191. The minimum atomic E-state index is -0.338. The molecule has 0 N–H and O–H groups in total. The van der Waals surface area contributed by atoms with Gasteiger partial charge in [0.15, 0.2) is 12.4 Å². The monoisotopic (exact) mass is 410 g/mol. The molecule has 4 nitrogen and oxygen atoms in total. The van der Waals surface area contributed by atoms with Crippen molar-refractivity contribution in [3.63, 3.8) is 0 Å². The normalized spacial score (nSPS) is 10.9. The third-order valence-corrected chi connectivity index (χ3v) is 5.51. The number of benzene rings is 2. The molecule has 140 valence electrons. The van der Waals surface area contributed by atoms with Crippen LogP contribution in [0.2, 0.25) is 5.02 Å². The van der Waals surface area contributed by atoms with Crippen molar-refractivity contribution in [2.24, 2.45) is 0 Å². The van der Waals surface area contributed by atoms with Gasteiger partial charge in [-0.25, -0.2) is 0 Å². The summed E-state index contributed by atoms with van der Waals surface area (Å²) in [6, 6.07) is 15.9. The lowest BCUT2D eigenvalue weighted by molar-refractivity contribution is 0.0924. The summed E-state index contributed by atoms with van der Waals surface area (Å²) in [5.74, 6) is -0.00875. The van der Waals surface area contributed by atoms with Crippen LogP contribution in [0.1, 0.15) is 15.2 Å². The first-order valence-electron chi connectivity index (χ1n) is 8.56. The molecular formula is C22H15ClO4S. The Hall–Kier alpha value is -2.89. The maximum absolute atomic E-state index is 13.1. The molecule has 0 aliphatic carbocycles. The SMILES string of the molecule is Cc1ccc2c(=O)c(OCC(=O)c3cccs3)c(-c3ccccc3Cl)oc2c1. The predicted octanol–water partition coefficient (Wildman–Crippen LogP) is 5.75. The molecule has 28 heavy (non-hydrogen) atoms. The molecule has 0 radical (unpaired) electrons. The molecule has 0 amide bonds. The third kappa shape index (κ3) is 3.46. The molecule has 0 aliphatic rings. The summed E-state index contributed by atoms with van der Waals surface area (Å²) in [6.07, 6.45) is 0. The molecule has 2 heterocycles. The van der Waals surface area contributed by atoms with Crippen LogP contribution in [0, 0.1) is 6.92 Å². The first kappa shape index (κ1) is 18.5. The summed E-state index contributed by atoms with van der Waals surface area (Å²) in [7, 11) is 0. The Labute approximate surface area is 170 Å². The van der Waals surface area contributed by atoms with Gasteiger partial charge in [0.2, 0.25) is 17.0 Å². The fraction of sp³-hybridized carbons (Fsp3) is 0.0909. The van der Waals surface area contributed by atoms with E-state index in [1.165, 1.54) is 11.3 Å². The van der Waals surface area contributed by atoms with Gasteiger partial charge in [0.25, 0.3) is 0 Å². The smallest absolute Gasteiger partial charge is 0.235 e. The van der Waals surface area contributed by atoms with Crippen molar-refractivity contribution in [2.75, 3.05) is 6.61 Å². The predicted molar refractivity (Wildman–Crippen MR) is 112 cm³/mol. The number of fused-ring (bicyclic) bond motifs is 1. The van der Waals surface area contributed by atoms with Crippen LogP contribution >= 0.6 is 22.9 Å². The van der Waals surface area contributed by atoms with Crippen LogP contribution in [-0.4, -0.2) is 12.4 Å². The molecule has 2 aromatic heterocycles. The van der Waals surface area contributed by atoms with Crippen LogP contribution in [0.15, 0.2) is 69.2 Å². The average molecular weight is 411 g/mol. The second-order valence-corrected chi connectivity index (χ2v) is 7.61. The summed E-state index contributed by atoms with van der Waals surface area (Å²) in [4.78, 5) is 26.0. The van der Waals surface area contributed by atoms with E-state index >= 15 is 0 Å². The quantitative estimate of drug-likeness (QED) is 0.393. The Balaban J connectivity index is 1.85. The molecule has 0 atom stereocenters. The van der Waals surface area contributed by atoms with Gasteiger partial charge in [0, 0.05) is 5.56 Å². The van der Waals surface area contributed by atoms with Gasteiger partial charge in [0.05, 0.1) is 15.3 Å². The highest BCUT2D eigenvalue weighted by Gasteiger charge is 2.21. The van der Waals surface area contributed by atoms with Crippen LogP contribution < -0.4 is 10.2 Å². The van der Waals surface area contributed by atoms with Crippen molar-refractivity contribution in [3.05, 3.63) is 85.7 Å². The van der Waals surface area contributed by atoms with Gasteiger partial charge in [-0.1, -0.05) is 35.9 Å². The van der Waals surface area contributed by atoms with Gasteiger partial charge >= 0.3 is 0 Å². The molecule has 2 aromatic carbocycles. The van der Waals surface area contributed by atoms with Crippen LogP contribution in [0.4, 0.5) is 0 Å². The van der Waals surface area contributed by atoms with Crippen molar-refractivity contribution in [1.82, 2.24) is 0 Å². The van der Waals surface area contributed by atoms with Crippen molar-refractivity contribution >= 4 is 39.7 Å². The van der Waals surface area contributed by atoms with E-state index in [4.69, 9.17) is 20.8 Å². The number of hydrogen-bond donors (Lipinski definition) is 0. The number of halogens is 1. The minimum Gasteiger partial charge on any atom is -0.478 e. The number of Topliss-reactive ketones (excluding diaryl/α,β-unsaturated/α-hetero) is 1. The number of hydrogen-bond acceptors (Lipinski definition) is 5. The molecule has 0 fully saturated rings. The van der Waals surface area contributed by atoms with Crippen molar-refractivity contribution in [2.45, 2.75) is 6.92 Å². The van der Waals surface area contributed by atoms with Crippen LogP contribution in [0.25, 0.3) is 22.3 Å². The molecule has 4 aromatic rings. The fourth-order valence-corrected chi connectivity index (χ4v) is 3.76. The van der Waals surface area contributed by atoms with Crippen molar-refractivity contribution < 1.29 is 13.9 Å². The van der Waals surface area contributed by atoms with E-state index in [-0.39, 0.29) is 29.3 Å². The van der Waals surface area contributed by atoms with E-state index in [0.29, 0.717) is 26.4 Å². The first-order chi connectivity index (χ1) is 13.5. The van der Waals surface area contributed by atoms with Gasteiger partial charge in [0.1, 0.15) is 5.58 Å². The lowest BCUT2D eigenvalue weighted by atomic mass is 10.1. The molecule has 0 aliphatic heterocycles. The van der Waals surface area contributed by atoms with E-state index in [0.717, 1.165) is 5.56 Å². The van der Waals surface area contributed by atoms with E-state index in [1.807, 2.05) is 18.4 Å². The second-order valence-electron chi connectivity index (χ2n) is 6.26. The molecule has 4 rings (SSSR count). The van der Waals surface area contributed by atoms with Crippen LogP contribution in [0.5, 0.6) is 5.75 Å². The largest absolute Gasteiger partial charge is 0.478 e. The molecule has 6 heteroatoms. The Morgan fingerprint density at radius 2 is 1.96 bits per heavy atom. The lowest BCUT2D eigenvalue weighted by Gasteiger charge is -2.12. The zero-order valence-electron chi connectivity index (χ0n) is 14.9. The van der Waals surface area contributed by atoms with Gasteiger partial charge in [-0.05, 0) is 48.2 Å². The van der Waals surface area contributed by atoms with E-state index in [1.54, 1.807) is 48.5 Å². The maximum Gasteiger partial charge on any atom is 0.235 e. The van der Waals surface area contributed by atoms with Gasteiger partial charge in [-0.2, -0.15) is 0 Å². The van der Waals surface area contributed by atoms with Crippen molar-refractivity contribution in [3.8, 4) is 17.1 Å². The highest BCUT2D eigenvalue weighted by atomic mass is 35.5. The second kappa shape index (κ2) is 7.62. The summed E-state index contributed by atoms with van der Waals surface area (Å²) < 4.78 is 11.7. The first-order valence-corrected chi connectivity index (χ1v) is 9.82. The molecule has 0 spiro atoms. The Kier molecular flexibility index (Phi) is 5.03. The van der Waals surface area contributed by atoms with Gasteiger partial charge in [-0.3, -0.25) is 9.59 Å². The van der Waals surface area contributed by atoms with Gasteiger partial charge < -0.3 is 9.15 Å². The molecule has 0 saturated carbocycles. The number of ether oxygens (including phenoxy) is 1. The lowest BCUT2D eigenvalue weighted by Crippen LogP contribution is -2.16. The summed E-state index contributed by atoms with van der Waals surface area (Å²) in [5, 5.41) is 2.63. The number of aryl methyl sites for hydroxylation is 1. The number of thiophene rings is 1. The molecule has 0 saturated heterocycles. The fourth-order valence-electron chi connectivity index (χ4n) is 2.88. The van der Waals surface area contributed by atoms with Crippen LogP contribution in [0.3, 0.4) is 0 Å². The van der Waals surface area contributed by atoms with Gasteiger partial charge in [-0.15, -0.1) is 11.3 Å². The van der Waals surface area contributed by atoms with Crippen LogP contribution in [-0.2, 0) is 0 Å². The number of carbonyl (C=O) groups is 1. The molecule has 0 bridgehead atoms. The maximum atomic E-state index is 13.1. The highest BCUT2D eigenvalue weighted by Crippen LogP contribution is 2.35. The average Bonchev–Trinajstić information content (AvgIpc) is 3.22. The Morgan fingerprint density at radius 3 is 2.71 bits per heavy atom. The van der Waals surface area contributed by atoms with E-state index < -0.39 is 0 Å². The van der Waals surface area contributed by atoms with E-state index in [9.17, 15) is 9.59 Å². The number of ketones is 1. The molecular weight excluding hydrogens is 396 g/mol. The molecule has 0 unspecified atom stereocenters. The third-order valence-electron chi connectivity index (χ3n) is 4.27. The topological polar surface area (TPSA) is 56.5 Å². The highest BCUT2D eigenvalue weighted by molar-refractivity contribution is 7.12. The number of rotatable bonds is 5. The number of carbonyl (C=O) groups excluding carboxylic acids is 1. The summed E-state index contributed by atoms with van der Waals surface area (Å²) in [5.41, 5.74) is 1.59. The zero-order chi connectivity index (χ0) is 19.7. The summed E-state index contributed by atoms with van der Waals surface area (Å²) in [6.45, 7) is 1.65. The zero-order valence-corrected chi connectivity index (χ0v) is 16.5. The standard InChI is InChI=1S/C22H15ClO4S/c1-13-8-9-15-18(11-13)27-21(14-5-2-3-6-16(14)23)22(20(15)25)26-12-17(24)19-7-4-10-28-19/h2-11H,12H2,1H3. The van der Waals surface area contributed by atoms with Crippen molar-refractivity contribution in [1.29, 1.82) is 0 Å².